The lowest BCUT2D eigenvalue weighted by molar-refractivity contribution is -0.124. The molecule has 1 fully saturated rings. The molecular formula is C22H27ClN2OS. The standard InChI is InChI=1S/C22H27ClN2OS/c1-17(16-27-21-5-3-2-4-6-21)22(26)24-20-11-13-25(14-12-20)15-18-7-9-19(23)10-8-18/h2-10,17,20H,11-16H2,1H3,(H,24,26). The Kier molecular flexibility index (Phi) is 7.62. The highest BCUT2D eigenvalue weighted by atomic mass is 35.5. The lowest BCUT2D eigenvalue weighted by Crippen LogP contribution is -2.46. The van der Waals surface area contributed by atoms with Crippen LogP contribution in [0.2, 0.25) is 5.02 Å². The maximum absolute atomic E-state index is 12.5. The lowest BCUT2D eigenvalue weighted by atomic mass is 10.0. The van der Waals surface area contributed by atoms with Crippen LogP contribution in [0.1, 0.15) is 25.3 Å². The van der Waals surface area contributed by atoms with Gasteiger partial charge < -0.3 is 5.32 Å². The fourth-order valence-corrected chi connectivity index (χ4v) is 4.31. The summed E-state index contributed by atoms with van der Waals surface area (Å²) in [6, 6.07) is 18.6. The quantitative estimate of drug-likeness (QED) is 0.672. The number of benzene rings is 2. The minimum Gasteiger partial charge on any atom is -0.353 e. The summed E-state index contributed by atoms with van der Waals surface area (Å²) in [5.74, 6) is 1.00. The number of nitrogens with zero attached hydrogens (tertiary/aromatic N) is 1. The first-order chi connectivity index (χ1) is 13.1. The Morgan fingerprint density at radius 3 is 2.48 bits per heavy atom. The highest BCUT2D eigenvalue weighted by Crippen LogP contribution is 2.21. The van der Waals surface area contributed by atoms with Crippen LogP contribution in [0.25, 0.3) is 0 Å². The van der Waals surface area contributed by atoms with Gasteiger partial charge in [-0.3, -0.25) is 9.69 Å². The average molecular weight is 403 g/mol. The second-order valence-electron chi connectivity index (χ2n) is 7.21. The Bertz CT molecular complexity index is 715. The Labute approximate surface area is 171 Å². The van der Waals surface area contributed by atoms with E-state index < -0.39 is 0 Å². The molecule has 1 heterocycles. The summed E-state index contributed by atoms with van der Waals surface area (Å²) in [7, 11) is 0. The van der Waals surface area contributed by atoms with Gasteiger partial charge in [-0.2, -0.15) is 0 Å². The highest BCUT2D eigenvalue weighted by molar-refractivity contribution is 7.99. The van der Waals surface area contributed by atoms with Crippen molar-refractivity contribution in [3.8, 4) is 0 Å². The van der Waals surface area contributed by atoms with E-state index in [9.17, 15) is 4.79 Å². The zero-order valence-corrected chi connectivity index (χ0v) is 17.3. The van der Waals surface area contributed by atoms with Crippen molar-refractivity contribution in [1.82, 2.24) is 10.2 Å². The number of carbonyl (C=O) groups excluding carboxylic acids is 1. The van der Waals surface area contributed by atoms with Crippen molar-refractivity contribution in [1.29, 1.82) is 0 Å². The smallest absolute Gasteiger partial charge is 0.223 e. The monoisotopic (exact) mass is 402 g/mol. The molecule has 1 aliphatic rings. The van der Waals surface area contributed by atoms with Crippen molar-refractivity contribution >= 4 is 29.3 Å². The molecule has 1 amide bonds. The van der Waals surface area contributed by atoms with Gasteiger partial charge in [-0.05, 0) is 42.7 Å². The van der Waals surface area contributed by atoms with Crippen LogP contribution in [0.3, 0.4) is 0 Å². The molecule has 1 saturated heterocycles. The SMILES string of the molecule is CC(CSc1ccccc1)C(=O)NC1CCN(Cc2ccc(Cl)cc2)CC1. The summed E-state index contributed by atoms with van der Waals surface area (Å²) >= 11 is 7.69. The van der Waals surface area contributed by atoms with Crippen LogP contribution in [0.4, 0.5) is 0 Å². The molecule has 5 heteroatoms. The highest BCUT2D eigenvalue weighted by Gasteiger charge is 2.23. The molecule has 1 N–H and O–H groups in total. The van der Waals surface area contributed by atoms with E-state index in [-0.39, 0.29) is 11.8 Å². The van der Waals surface area contributed by atoms with Crippen molar-refractivity contribution in [2.24, 2.45) is 5.92 Å². The third kappa shape index (κ3) is 6.56. The number of likely N-dealkylation sites (tertiary alicyclic amines) is 1. The first kappa shape index (κ1) is 20.2. The number of rotatable bonds is 7. The van der Waals surface area contributed by atoms with Gasteiger partial charge in [-0.15, -0.1) is 11.8 Å². The number of hydrogen-bond donors (Lipinski definition) is 1. The molecule has 2 aromatic carbocycles. The van der Waals surface area contributed by atoms with Gasteiger partial charge in [0.2, 0.25) is 5.91 Å². The van der Waals surface area contributed by atoms with Gasteiger partial charge in [-0.1, -0.05) is 48.9 Å². The molecule has 0 saturated carbocycles. The van der Waals surface area contributed by atoms with Crippen LogP contribution >= 0.6 is 23.4 Å². The molecule has 0 aromatic heterocycles. The maximum atomic E-state index is 12.5. The van der Waals surface area contributed by atoms with Gasteiger partial charge in [0.15, 0.2) is 0 Å². The molecule has 0 bridgehead atoms. The zero-order chi connectivity index (χ0) is 19.1. The molecule has 1 atom stereocenters. The Morgan fingerprint density at radius 2 is 1.81 bits per heavy atom. The van der Waals surface area contributed by atoms with Gasteiger partial charge in [0.05, 0.1) is 0 Å². The topological polar surface area (TPSA) is 32.3 Å². The van der Waals surface area contributed by atoms with Gasteiger partial charge in [-0.25, -0.2) is 0 Å². The summed E-state index contributed by atoms with van der Waals surface area (Å²) in [5, 5.41) is 4.03. The molecule has 0 radical (unpaired) electrons. The Morgan fingerprint density at radius 1 is 1.15 bits per heavy atom. The molecule has 1 unspecified atom stereocenters. The normalized spacial score (nSPS) is 16.8. The van der Waals surface area contributed by atoms with Crippen molar-refractivity contribution in [2.75, 3.05) is 18.8 Å². The molecule has 1 aliphatic heterocycles. The largest absolute Gasteiger partial charge is 0.353 e. The minimum atomic E-state index is 0.0160. The van der Waals surface area contributed by atoms with Crippen LogP contribution in [0.5, 0.6) is 0 Å². The summed E-state index contributed by atoms with van der Waals surface area (Å²) < 4.78 is 0. The number of halogens is 1. The van der Waals surface area contributed by atoms with E-state index in [1.807, 2.05) is 37.3 Å². The van der Waals surface area contributed by atoms with Crippen LogP contribution in [0, 0.1) is 5.92 Å². The Balaban J connectivity index is 1.37. The fourth-order valence-electron chi connectivity index (χ4n) is 3.24. The first-order valence-corrected chi connectivity index (χ1v) is 10.9. The van der Waals surface area contributed by atoms with E-state index in [1.165, 1.54) is 10.5 Å². The molecule has 3 rings (SSSR count). The maximum Gasteiger partial charge on any atom is 0.223 e. The zero-order valence-electron chi connectivity index (χ0n) is 15.7. The number of nitrogens with one attached hydrogen (secondary N) is 1. The van der Waals surface area contributed by atoms with E-state index in [0.29, 0.717) is 6.04 Å². The van der Waals surface area contributed by atoms with Gasteiger partial charge in [0.25, 0.3) is 0 Å². The number of thioether (sulfide) groups is 1. The van der Waals surface area contributed by atoms with Crippen LogP contribution < -0.4 is 5.32 Å². The van der Waals surface area contributed by atoms with Crippen molar-refractivity contribution in [3.63, 3.8) is 0 Å². The number of hydrogen-bond acceptors (Lipinski definition) is 3. The number of piperidine rings is 1. The summed E-state index contributed by atoms with van der Waals surface area (Å²) in [6.45, 7) is 4.99. The van der Waals surface area contributed by atoms with E-state index in [0.717, 1.165) is 43.3 Å². The van der Waals surface area contributed by atoms with Gasteiger partial charge >= 0.3 is 0 Å². The predicted molar refractivity (Wildman–Crippen MR) is 114 cm³/mol. The molecule has 3 nitrogen and oxygen atoms in total. The second kappa shape index (κ2) is 10.2. The van der Waals surface area contributed by atoms with E-state index in [2.05, 4.69) is 34.5 Å². The van der Waals surface area contributed by atoms with Crippen molar-refractivity contribution < 1.29 is 4.79 Å². The van der Waals surface area contributed by atoms with Gasteiger partial charge in [0.1, 0.15) is 0 Å². The van der Waals surface area contributed by atoms with Gasteiger partial charge in [0, 0.05) is 47.3 Å². The van der Waals surface area contributed by atoms with E-state index in [1.54, 1.807) is 11.8 Å². The minimum absolute atomic E-state index is 0.0160. The molecule has 0 spiro atoms. The van der Waals surface area contributed by atoms with Crippen molar-refractivity contribution in [3.05, 3.63) is 65.2 Å². The molecule has 27 heavy (non-hydrogen) atoms. The summed E-state index contributed by atoms with van der Waals surface area (Å²) in [6.07, 6.45) is 2.02. The van der Waals surface area contributed by atoms with E-state index >= 15 is 0 Å². The second-order valence-corrected chi connectivity index (χ2v) is 8.74. The average Bonchev–Trinajstić information content (AvgIpc) is 2.70. The van der Waals surface area contributed by atoms with Crippen LogP contribution in [-0.4, -0.2) is 35.7 Å². The molecule has 0 aliphatic carbocycles. The Hall–Kier alpha value is -1.49. The summed E-state index contributed by atoms with van der Waals surface area (Å²) in [5.41, 5.74) is 1.29. The molecule has 144 valence electrons. The predicted octanol–water partition coefficient (Wildman–Crippen LogP) is 4.85. The summed E-state index contributed by atoms with van der Waals surface area (Å²) in [4.78, 5) is 16.1. The lowest BCUT2D eigenvalue weighted by Gasteiger charge is -2.33. The number of amides is 1. The molecular weight excluding hydrogens is 376 g/mol. The van der Waals surface area contributed by atoms with Crippen LogP contribution in [-0.2, 0) is 11.3 Å². The number of carbonyl (C=O) groups is 1. The fraction of sp³-hybridized carbons (Fsp3) is 0.409. The van der Waals surface area contributed by atoms with Crippen LogP contribution in [0.15, 0.2) is 59.5 Å². The third-order valence-electron chi connectivity index (χ3n) is 4.94. The first-order valence-electron chi connectivity index (χ1n) is 9.55. The van der Waals surface area contributed by atoms with Crippen molar-refractivity contribution in [2.45, 2.75) is 37.2 Å². The molecule has 2 aromatic rings. The van der Waals surface area contributed by atoms with E-state index in [4.69, 9.17) is 11.6 Å². The third-order valence-corrected chi connectivity index (χ3v) is 6.47.